The van der Waals surface area contributed by atoms with Crippen molar-refractivity contribution in [3.8, 4) is 0 Å². The van der Waals surface area contributed by atoms with Crippen LogP contribution in [-0.2, 0) is 0 Å². The monoisotopic (exact) mass is 296 g/mol. The van der Waals surface area contributed by atoms with Crippen molar-refractivity contribution < 1.29 is 9.59 Å². The quantitative estimate of drug-likeness (QED) is 0.893. The zero-order valence-corrected chi connectivity index (χ0v) is 12.1. The molecule has 3 rings (SSSR count). The number of amides is 3. The van der Waals surface area contributed by atoms with Gasteiger partial charge in [0.15, 0.2) is 0 Å². The second-order valence-corrected chi connectivity index (χ2v) is 5.02. The third kappa shape index (κ3) is 2.71. The number of anilines is 2. The van der Waals surface area contributed by atoms with Gasteiger partial charge in [0.1, 0.15) is 6.67 Å². The molecule has 1 aliphatic rings. The summed E-state index contributed by atoms with van der Waals surface area (Å²) in [5, 5.41) is 3.98. The highest BCUT2D eigenvalue weighted by Gasteiger charge is 2.28. The minimum absolute atomic E-state index is 0.225. The number of benzene rings is 2. The summed E-state index contributed by atoms with van der Waals surface area (Å²) < 4.78 is 0. The summed E-state index contributed by atoms with van der Waals surface area (Å²) in [5.41, 5.74) is 4.67. The van der Waals surface area contributed by atoms with Crippen LogP contribution in [0.15, 0.2) is 54.6 Å². The molecule has 0 radical (unpaired) electrons. The molecule has 3 amide bonds. The lowest BCUT2D eigenvalue weighted by Gasteiger charge is -2.35. The summed E-state index contributed by atoms with van der Waals surface area (Å²) in [7, 11) is 1.87. The number of urea groups is 1. The highest BCUT2D eigenvalue weighted by molar-refractivity contribution is 6.02. The SMILES string of the molecule is CN1CN(NC(=O)Nc2ccccc2)C(=O)c2ccccc21. The maximum Gasteiger partial charge on any atom is 0.338 e. The van der Waals surface area contributed by atoms with Crippen LogP contribution in [0.4, 0.5) is 16.2 Å². The Labute approximate surface area is 128 Å². The molecule has 2 N–H and O–H groups in total. The fraction of sp³-hybridized carbons (Fsp3) is 0.125. The maximum absolute atomic E-state index is 12.4. The van der Waals surface area contributed by atoms with Gasteiger partial charge in [-0.25, -0.2) is 15.2 Å². The van der Waals surface area contributed by atoms with Crippen molar-refractivity contribution in [1.29, 1.82) is 0 Å². The molecule has 1 aliphatic heterocycles. The van der Waals surface area contributed by atoms with E-state index >= 15 is 0 Å². The molecule has 0 fully saturated rings. The molecule has 6 heteroatoms. The lowest BCUT2D eigenvalue weighted by molar-refractivity contribution is 0.0675. The number of nitrogens with one attached hydrogen (secondary N) is 2. The highest BCUT2D eigenvalue weighted by Crippen LogP contribution is 2.24. The van der Waals surface area contributed by atoms with Gasteiger partial charge in [-0.15, -0.1) is 0 Å². The molecule has 0 aliphatic carbocycles. The second kappa shape index (κ2) is 5.77. The van der Waals surface area contributed by atoms with Crippen molar-refractivity contribution in [1.82, 2.24) is 10.4 Å². The van der Waals surface area contributed by atoms with Gasteiger partial charge in [0.2, 0.25) is 0 Å². The number of para-hydroxylation sites is 2. The Kier molecular flexibility index (Phi) is 3.65. The van der Waals surface area contributed by atoms with E-state index in [0.717, 1.165) is 5.69 Å². The molecule has 22 heavy (non-hydrogen) atoms. The van der Waals surface area contributed by atoms with Gasteiger partial charge in [-0.3, -0.25) is 4.79 Å². The second-order valence-electron chi connectivity index (χ2n) is 5.02. The Bertz CT molecular complexity index is 702. The number of hydrazine groups is 1. The zero-order chi connectivity index (χ0) is 15.5. The lowest BCUT2D eigenvalue weighted by Crippen LogP contribution is -2.54. The predicted molar refractivity (Wildman–Crippen MR) is 84.5 cm³/mol. The van der Waals surface area contributed by atoms with Gasteiger partial charge in [0, 0.05) is 12.7 Å². The Morgan fingerprint density at radius 1 is 1.05 bits per heavy atom. The third-order valence-corrected chi connectivity index (χ3v) is 3.41. The van der Waals surface area contributed by atoms with Gasteiger partial charge in [-0.05, 0) is 24.3 Å². The van der Waals surface area contributed by atoms with Gasteiger partial charge in [-0.2, -0.15) is 0 Å². The van der Waals surface area contributed by atoms with E-state index in [-0.39, 0.29) is 12.6 Å². The molecule has 0 atom stereocenters. The largest absolute Gasteiger partial charge is 0.355 e. The first-order chi connectivity index (χ1) is 10.6. The molecule has 112 valence electrons. The van der Waals surface area contributed by atoms with E-state index in [4.69, 9.17) is 0 Å². The van der Waals surface area contributed by atoms with Gasteiger partial charge in [0.25, 0.3) is 5.91 Å². The van der Waals surface area contributed by atoms with E-state index in [1.165, 1.54) is 5.01 Å². The number of hydrogen-bond donors (Lipinski definition) is 2. The Morgan fingerprint density at radius 3 is 2.50 bits per heavy atom. The molecular formula is C16H16N4O2. The average Bonchev–Trinajstić information content (AvgIpc) is 2.53. The molecule has 2 aromatic rings. The van der Waals surface area contributed by atoms with E-state index in [0.29, 0.717) is 11.3 Å². The number of carbonyl (C=O) groups is 2. The predicted octanol–water partition coefficient (Wildman–Crippen LogP) is 2.27. The number of fused-ring (bicyclic) bond motifs is 1. The topological polar surface area (TPSA) is 64.7 Å². The summed E-state index contributed by atoms with van der Waals surface area (Å²) in [6.07, 6.45) is 0. The number of rotatable bonds is 2. The Hall–Kier alpha value is -3.02. The van der Waals surface area contributed by atoms with Crippen LogP contribution in [0.5, 0.6) is 0 Å². The fourth-order valence-electron chi connectivity index (χ4n) is 2.37. The molecule has 0 saturated carbocycles. The smallest absolute Gasteiger partial charge is 0.338 e. The summed E-state index contributed by atoms with van der Waals surface area (Å²) in [4.78, 5) is 26.3. The molecule has 6 nitrogen and oxygen atoms in total. The molecule has 2 aromatic carbocycles. The van der Waals surface area contributed by atoms with E-state index < -0.39 is 6.03 Å². The summed E-state index contributed by atoms with van der Waals surface area (Å²) in [5.74, 6) is -0.225. The molecule has 0 bridgehead atoms. The average molecular weight is 296 g/mol. The highest BCUT2D eigenvalue weighted by atomic mass is 16.2. The van der Waals surface area contributed by atoms with Crippen LogP contribution >= 0.6 is 0 Å². The van der Waals surface area contributed by atoms with Gasteiger partial charge in [0.05, 0.1) is 11.3 Å². The van der Waals surface area contributed by atoms with Crippen molar-refractivity contribution >= 4 is 23.3 Å². The van der Waals surface area contributed by atoms with Gasteiger partial charge < -0.3 is 10.2 Å². The Balaban J connectivity index is 1.71. The van der Waals surface area contributed by atoms with Crippen molar-refractivity contribution in [2.45, 2.75) is 0 Å². The standard InChI is InChI=1S/C16H16N4O2/c1-19-11-20(15(21)13-9-5-6-10-14(13)19)18-16(22)17-12-7-3-2-4-8-12/h2-10H,11H2,1H3,(H2,17,18,22). The van der Waals surface area contributed by atoms with Crippen LogP contribution in [-0.4, -0.2) is 30.7 Å². The van der Waals surface area contributed by atoms with Crippen LogP contribution in [0.1, 0.15) is 10.4 Å². The first-order valence-corrected chi connectivity index (χ1v) is 6.90. The fourth-order valence-corrected chi connectivity index (χ4v) is 2.37. The number of carbonyl (C=O) groups excluding carboxylic acids is 2. The minimum atomic E-state index is -0.452. The Morgan fingerprint density at radius 2 is 1.73 bits per heavy atom. The maximum atomic E-state index is 12.4. The normalized spacial score (nSPS) is 13.6. The van der Waals surface area contributed by atoms with Crippen LogP contribution in [0.3, 0.4) is 0 Å². The van der Waals surface area contributed by atoms with Crippen molar-refractivity contribution in [2.75, 3.05) is 23.9 Å². The lowest BCUT2D eigenvalue weighted by atomic mass is 10.1. The zero-order valence-electron chi connectivity index (χ0n) is 12.1. The van der Waals surface area contributed by atoms with Crippen LogP contribution in [0.25, 0.3) is 0 Å². The van der Waals surface area contributed by atoms with Crippen LogP contribution in [0, 0.1) is 0 Å². The molecular weight excluding hydrogens is 280 g/mol. The summed E-state index contributed by atoms with van der Waals surface area (Å²) in [6.45, 7) is 0.290. The van der Waals surface area contributed by atoms with E-state index in [2.05, 4.69) is 10.7 Å². The summed E-state index contributed by atoms with van der Waals surface area (Å²) >= 11 is 0. The number of hydrogen-bond acceptors (Lipinski definition) is 3. The van der Waals surface area contributed by atoms with Gasteiger partial charge in [-0.1, -0.05) is 30.3 Å². The van der Waals surface area contributed by atoms with Crippen LogP contribution in [0.2, 0.25) is 0 Å². The van der Waals surface area contributed by atoms with Crippen molar-refractivity contribution in [3.05, 3.63) is 60.2 Å². The molecule has 1 heterocycles. The van der Waals surface area contributed by atoms with Gasteiger partial charge >= 0.3 is 6.03 Å². The van der Waals surface area contributed by atoms with E-state index in [9.17, 15) is 9.59 Å². The molecule has 0 spiro atoms. The van der Waals surface area contributed by atoms with Crippen molar-refractivity contribution in [2.24, 2.45) is 0 Å². The minimum Gasteiger partial charge on any atom is -0.355 e. The van der Waals surface area contributed by atoms with Crippen LogP contribution < -0.4 is 15.6 Å². The first-order valence-electron chi connectivity index (χ1n) is 6.90. The van der Waals surface area contributed by atoms with Crippen molar-refractivity contribution in [3.63, 3.8) is 0 Å². The van der Waals surface area contributed by atoms with E-state index in [1.54, 1.807) is 24.3 Å². The van der Waals surface area contributed by atoms with E-state index in [1.807, 2.05) is 42.3 Å². The molecule has 0 saturated heterocycles. The first kappa shape index (κ1) is 13.9. The number of nitrogens with zero attached hydrogens (tertiary/aromatic N) is 2. The molecule has 0 aromatic heterocycles. The summed E-state index contributed by atoms with van der Waals surface area (Å²) in [6, 6.07) is 15.9. The third-order valence-electron chi connectivity index (χ3n) is 3.41. The molecule has 0 unspecified atom stereocenters.